The molecular weight excluding hydrogens is 532 g/mol. The Kier molecular flexibility index (Phi) is 5.54. The van der Waals surface area contributed by atoms with Crippen molar-refractivity contribution < 1.29 is 0 Å². The second-order valence-corrected chi connectivity index (χ2v) is 11.5. The summed E-state index contributed by atoms with van der Waals surface area (Å²) in [6.07, 6.45) is 2.17. The van der Waals surface area contributed by atoms with Gasteiger partial charge in [0.2, 0.25) is 0 Å². The van der Waals surface area contributed by atoms with Crippen LogP contribution in [0.15, 0.2) is 170 Å². The standard InChI is InChI=1S/C42H28N2/c1-2-8-29(9-3-1)31-14-19-36(20-15-31)43-25-24-35-26-33(17-22-40(35)43)34-18-23-42-39(28-34)38-12-6-7-13-41(38)44(42)37-21-16-30-10-4-5-11-32(30)27-37/h1-28H. The van der Waals surface area contributed by atoms with Crippen LogP contribution >= 0.6 is 0 Å². The van der Waals surface area contributed by atoms with E-state index < -0.39 is 0 Å². The summed E-state index contributed by atoms with van der Waals surface area (Å²) < 4.78 is 4.67. The lowest BCUT2D eigenvalue weighted by Crippen LogP contribution is -1.93. The van der Waals surface area contributed by atoms with Crippen LogP contribution in [0.5, 0.6) is 0 Å². The number of benzene rings is 7. The van der Waals surface area contributed by atoms with Crippen molar-refractivity contribution in [2.45, 2.75) is 0 Å². The molecule has 206 valence electrons. The fraction of sp³-hybridized carbons (Fsp3) is 0. The number of fused-ring (bicyclic) bond motifs is 5. The van der Waals surface area contributed by atoms with Gasteiger partial charge in [0.05, 0.1) is 16.6 Å². The topological polar surface area (TPSA) is 9.86 Å². The molecule has 0 atom stereocenters. The van der Waals surface area contributed by atoms with E-state index in [-0.39, 0.29) is 0 Å². The summed E-state index contributed by atoms with van der Waals surface area (Å²) in [4.78, 5) is 0. The van der Waals surface area contributed by atoms with Crippen molar-refractivity contribution in [2.75, 3.05) is 0 Å². The van der Waals surface area contributed by atoms with Gasteiger partial charge >= 0.3 is 0 Å². The SMILES string of the molecule is c1ccc(-c2ccc(-n3ccc4cc(-c5ccc6c(c5)c5ccccc5n6-c5ccc6ccccc6c5)ccc43)cc2)cc1. The lowest BCUT2D eigenvalue weighted by atomic mass is 10.0. The van der Waals surface area contributed by atoms with Crippen molar-refractivity contribution in [1.29, 1.82) is 0 Å². The molecule has 2 heterocycles. The average Bonchev–Trinajstić information content (AvgIpc) is 3.67. The third kappa shape index (κ3) is 3.96. The van der Waals surface area contributed by atoms with Gasteiger partial charge in [-0.2, -0.15) is 0 Å². The Labute approximate surface area is 255 Å². The Hall–Kier alpha value is -5.86. The van der Waals surface area contributed by atoms with Crippen molar-refractivity contribution >= 4 is 43.5 Å². The highest BCUT2D eigenvalue weighted by molar-refractivity contribution is 6.10. The molecule has 0 fully saturated rings. The molecular formula is C42H28N2. The van der Waals surface area contributed by atoms with Gasteiger partial charge in [-0.25, -0.2) is 0 Å². The Balaban J connectivity index is 1.12. The van der Waals surface area contributed by atoms with E-state index in [1.165, 1.54) is 71.4 Å². The smallest absolute Gasteiger partial charge is 0.0541 e. The summed E-state index contributed by atoms with van der Waals surface area (Å²) in [5.74, 6) is 0. The van der Waals surface area contributed by atoms with E-state index >= 15 is 0 Å². The molecule has 0 aliphatic rings. The lowest BCUT2D eigenvalue weighted by Gasteiger charge is -2.10. The second kappa shape index (κ2) is 9.86. The summed E-state index contributed by atoms with van der Waals surface area (Å²) >= 11 is 0. The van der Waals surface area contributed by atoms with Gasteiger partial charge in [0.1, 0.15) is 0 Å². The Morgan fingerprint density at radius 3 is 1.82 bits per heavy atom. The lowest BCUT2D eigenvalue weighted by molar-refractivity contribution is 1.13. The summed E-state index contributed by atoms with van der Waals surface area (Å²) in [5, 5.41) is 6.27. The molecule has 0 aliphatic carbocycles. The zero-order valence-electron chi connectivity index (χ0n) is 24.1. The average molecular weight is 561 g/mol. The molecule has 0 saturated heterocycles. The predicted octanol–water partition coefficient (Wildman–Crippen LogP) is 11.2. The maximum absolute atomic E-state index is 2.40. The Morgan fingerprint density at radius 2 is 0.955 bits per heavy atom. The molecule has 2 nitrogen and oxygen atoms in total. The van der Waals surface area contributed by atoms with E-state index in [0.29, 0.717) is 0 Å². The van der Waals surface area contributed by atoms with Gasteiger partial charge in [-0.1, -0.05) is 103 Å². The highest BCUT2D eigenvalue weighted by Gasteiger charge is 2.14. The molecule has 0 radical (unpaired) electrons. The summed E-state index contributed by atoms with van der Waals surface area (Å²) in [6.45, 7) is 0. The molecule has 2 heteroatoms. The Bertz CT molecular complexity index is 2480. The minimum absolute atomic E-state index is 1.16. The Morgan fingerprint density at radius 1 is 0.318 bits per heavy atom. The van der Waals surface area contributed by atoms with Gasteiger partial charge in [0, 0.05) is 33.7 Å². The maximum Gasteiger partial charge on any atom is 0.0541 e. The first-order valence-electron chi connectivity index (χ1n) is 15.1. The van der Waals surface area contributed by atoms with Crippen LogP contribution < -0.4 is 0 Å². The molecule has 9 aromatic rings. The maximum atomic E-state index is 2.40. The van der Waals surface area contributed by atoms with Crippen molar-refractivity contribution in [1.82, 2.24) is 9.13 Å². The van der Waals surface area contributed by atoms with Crippen molar-refractivity contribution in [3.05, 3.63) is 170 Å². The third-order valence-electron chi connectivity index (χ3n) is 8.94. The van der Waals surface area contributed by atoms with Crippen LogP contribution in [-0.4, -0.2) is 9.13 Å². The van der Waals surface area contributed by atoms with E-state index in [0.717, 1.165) is 5.69 Å². The number of para-hydroxylation sites is 1. The minimum Gasteiger partial charge on any atom is -0.317 e. The van der Waals surface area contributed by atoms with Crippen LogP contribution in [0, 0.1) is 0 Å². The first kappa shape index (κ1) is 24.7. The molecule has 0 aliphatic heterocycles. The third-order valence-corrected chi connectivity index (χ3v) is 8.94. The molecule has 0 bridgehead atoms. The molecule has 2 aromatic heterocycles. The monoisotopic (exact) mass is 560 g/mol. The first-order chi connectivity index (χ1) is 21.8. The fourth-order valence-electron chi connectivity index (χ4n) is 6.74. The number of rotatable bonds is 4. The van der Waals surface area contributed by atoms with Gasteiger partial charge in [-0.3, -0.25) is 0 Å². The predicted molar refractivity (Wildman–Crippen MR) is 186 cm³/mol. The van der Waals surface area contributed by atoms with Crippen LogP contribution in [-0.2, 0) is 0 Å². The van der Waals surface area contributed by atoms with Crippen LogP contribution in [0.4, 0.5) is 0 Å². The molecule has 44 heavy (non-hydrogen) atoms. The van der Waals surface area contributed by atoms with Gasteiger partial charge < -0.3 is 9.13 Å². The molecule has 0 N–H and O–H groups in total. The minimum atomic E-state index is 1.16. The summed E-state index contributed by atoms with van der Waals surface area (Å²) in [7, 11) is 0. The summed E-state index contributed by atoms with van der Waals surface area (Å²) in [6, 6.07) is 59.3. The molecule has 0 amide bonds. The van der Waals surface area contributed by atoms with Crippen LogP contribution in [0.1, 0.15) is 0 Å². The van der Waals surface area contributed by atoms with Crippen molar-refractivity contribution in [2.24, 2.45) is 0 Å². The molecule has 0 unspecified atom stereocenters. The zero-order valence-corrected chi connectivity index (χ0v) is 24.1. The van der Waals surface area contributed by atoms with Crippen LogP contribution in [0.2, 0.25) is 0 Å². The molecule has 0 spiro atoms. The van der Waals surface area contributed by atoms with E-state index in [9.17, 15) is 0 Å². The van der Waals surface area contributed by atoms with E-state index in [1.807, 2.05) is 0 Å². The van der Waals surface area contributed by atoms with E-state index in [1.54, 1.807) is 0 Å². The van der Waals surface area contributed by atoms with Gasteiger partial charge in [-0.05, 0) is 93.7 Å². The number of hydrogen-bond acceptors (Lipinski definition) is 0. The highest BCUT2D eigenvalue weighted by atomic mass is 15.0. The molecule has 0 saturated carbocycles. The van der Waals surface area contributed by atoms with Crippen molar-refractivity contribution in [3.63, 3.8) is 0 Å². The number of nitrogens with zero attached hydrogens (tertiary/aromatic N) is 2. The van der Waals surface area contributed by atoms with Crippen LogP contribution in [0.3, 0.4) is 0 Å². The van der Waals surface area contributed by atoms with Gasteiger partial charge in [-0.15, -0.1) is 0 Å². The number of hydrogen-bond donors (Lipinski definition) is 0. The number of aromatic nitrogens is 2. The zero-order chi connectivity index (χ0) is 29.0. The first-order valence-corrected chi connectivity index (χ1v) is 15.1. The highest BCUT2D eigenvalue weighted by Crippen LogP contribution is 2.36. The normalized spacial score (nSPS) is 11.6. The van der Waals surface area contributed by atoms with E-state index in [4.69, 9.17) is 0 Å². The second-order valence-electron chi connectivity index (χ2n) is 11.5. The largest absolute Gasteiger partial charge is 0.317 e. The molecule has 9 rings (SSSR count). The van der Waals surface area contributed by atoms with E-state index in [2.05, 4.69) is 179 Å². The quantitative estimate of drug-likeness (QED) is 0.203. The van der Waals surface area contributed by atoms with Gasteiger partial charge in [0.15, 0.2) is 0 Å². The molecule has 7 aromatic carbocycles. The van der Waals surface area contributed by atoms with Crippen molar-refractivity contribution in [3.8, 4) is 33.6 Å². The fourth-order valence-corrected chi connectivity index (χ4v) is 6.74. The van der Waals surface area contributed by atoms with Crippen LogP contribution in [0.25, 0.3) is 77.1 Å². The van der Waals surface area contributed by atoms with Gasteiger partial charge in [0.25, 0.3) is 0 Å². The summed E-state index contributed by atoms with van der Waals surface area (Å²) in [5.41, 5.74) is 10.9.